The van der Waals surface area contributed by atoms with Crippen molar-refractivity contribution in [2.24, 2.45) is 5.92 Å². The lowest BCUT2D eigenvalue weighted by Crippen LogP contribution is -2.16. The lowest BCUT2D eigenvalue weighted by Gasteiger charge is -2.09. The van der Waals surface area contributed by atoms with Gasteiger partial charge in [-0.05, 0) is 5.92 Å². The maximum Gasteiger partial charge on any atom is 0.224 e. The topological polar surface area (TPSA) is 84.1 Å². The molecule has 4 N–H and O–H groups in total. The fraction of sp³-hybridized carbons (Fsp3) is 0.500. The van der Waals surface area contributed by atoms with Crippen LogP contribution in [0.25, 0.3) is 0 Å². The molecule has 0 aliphatic heterocycles. The quantitative estimate of drug-likeness (QED) is 0.648. The minimum absolute atomic E-state index is 0.0731. The first-order chi connectivity index (χ1) is 6.63. The van der Waals surface area contributed by atoms with E-state index < -0.39 is 5.82 Å². The van der Waals surface area contributed by atoms with Crippen molar-refractivity contribution in [3.8, 4) is 0 Å². The van der Waals surface area contributed by atoms with Crippen molar-refractivity contribution < 1.29 is 9.50 Å². The van der Waals surface area contributed by atoms with Crippen LogP contribution in [0, 0.1) is 11.7 Å². The van der Waals surface area contributed by atoms with E-state index in [1.807, 2.05) is 6.92 Å². The van der Waals surface area contributed by atoms with E-state index in [9.17, 15) is 4.39 Å². The van der Waals surface area contributed by atoms with E-state index in [0.717, 1.165) is 6.20 Å². The van der Waals surface area contributed by atoms with E-state index in [4.69, 9.17) is 10.8 Å². The molecule has 1 unspecified atom stereocenters. The highest BCUT2D eigenvalue weighted by Crippen LogP contribution is 2.07. The molecule has 0 saturated carbocycles. The Labute approximate surface area is 81.2 Å². The van der Waals surface area contributed by atoms with Crippen LogP contribution in [-0.2, 0) is 0 Å². The molecule has 0 radical (unpaired) electrons. The van der Waals surface area contributed by atoms with E-state index in [1.54, 1.807) is 0 Å². The van der Waals surface area contributed by atoms with Gasteiger partial charge < -0.3 is 16.2 Å². The molecule has 0 fully saturated rings. The molecule has 5 nitrogen and oxygen atoms in total. The summed E-state index contributed by atoms with van der Waals surface area (Å²) >= 11 is 0. The molecule has 1 rings (SSSR count). The van der Waals surface area contributed by atoms with Crippen LogP contribution in [0.2, 0.25) is 0 Å². The number of hydrogen-bond donors (Lipinski definition) is 3. The van der Waals surface area contributed by atoms with Crippen LogP contribution in [-0.4, -0.2) is 28.2 Å². The minimum Gasteiger partial charge on any atom is -0.396 e. The molecule has 0 spiro atoms. The number of aliphatic hydroxyl groups is 1. The standard InChI is InChI=1S/C8H13FN4O/c1-5(4-14)2-11-8-12-3-6(9)7(10)13-8/h3,5,14H,2,4H2,1H3,(H3,10,11,12,13). The highest BCUT2D eigenvalue weighted by molar-refractivity contribution is 5.36. The SMILES string of the molecule is CC(CO)CNc1ncc(F)c(N)n1. The molecule has 1 aromatic heterocycles. The molecule has 0 aliphatic carbocycles. The first-order valence-corrected chi connectivity index (χ1v) is 4.26. The molecule has 0 amide bonds. The van der Waals surface area contributed by atoms with Crippen LogP contribution < -0.4 is 11.1 Å². The van der Waals surface area contributed by atoms with Crippen LogP contribution in [0.4, 0.5) is 16.2 Å². The number of nitrogens with one attached hydrogen (secondary N) is 1. The predicted molar refractivity (Wildman–Crippen MR) is 51.1 cm³/mol. The van der Waals surface area contributed by atoms with Gasteiger partial charge in [0.2, 0.25) is 5.95 Å². The lowest BCUT2D eigenvalue weighted by molar-refractivity contribution is 0.244. The fourth-order valence-electron chi connectivity index (χ4n) is 0.796. The third-order valence-electron chi connectivity index (χ3n) is 1.69. The van der Waals surface area contributed by atoms with Crippen LogP contribution in [0.15, 0.2) is 6.20 Å². The second-order valence-corrected chi connectivity index (χ2v) is 3.10. The van der Waals surface area contributed by atoms with Gasteiger partial charge in [0.1, 0.15) is 0 Å². The Morgan fingerprint density at radius 1 is 1.71 bits per heavy atom. The zero-order valence-corrected chi connectivity index (χ0v) is 7.87. The number of hydrogen-bond acceptors (Lipinski definition) is 5. The summed E-state index contributed by atoms with van der Waals surface area (Å²) < 4.78 is 12.6. The van der Waals surface area contributed by atoms with Gasteiger partial charge in [0.15, 0.2) is 11.6 Å². The molecule has 14 heavy (non-hydrogen) atoms. The maximum absolute atomic E-state index is 12.6. The van der Waals surface area contributed by atoms with E-state index in [1.165, 1.54) is 0 Å². The van der Waals surface area contributed by atoms with Gasteiger partial charge in [-0.2, -0.15) is 4.98 Å². The van der Waals surface area contributed by atoms with Crippen molar-refractivity contribution >= 4 is 11.8 Å². The molecule has 1 heterocycles. The monoisotopic (exact) mass is 200 g/mol. The first-order valence-electron chi connectivity index (χ1n) is 4.26. The molecule has 1 atom stereocenters. The lowest BCUT2D eigenvalue weighted by atomic mass is 10.2. The molecule has 0 aliphatic rings. The molecule has 78 valence electrons. The molecule has 0 bridgehead atoms. The number of nitrogens with zero attached hydrogens (tertiary/aromatic N) is 2. The van der Waals surface area contributed by atoms with E-state index in [2.05, 4.69) is 15.3 Å². The average molecular weight is 200 g/mol. The predicted octanol–water partition coefficient (Wildman–Crippen LogP) is 0.238. The molecule has 6 heteroatoms. The fourth-order valence-corrected chi connectivity index (χ4v) is 0.796. The molecule has 0 saturated heterocycles. The highest BCUT2D eigenvalue weighted by atomic mass is 19.1. The summed E-state index contributed by atoms with van der Waals surface area (Å²) in [6, 6.07) is 0. The smallest absolute Gasteiger partial charge is 0.224 e. The van der Waals surface area contributed by atoms with Gasteiger partial charge >= 0.3 is 0 Å². The summed E-state index contributed by atoms with van der Waals surface area (Å²) in [6.07, 6.45) is 1.01. The van der Waals surface area contributed by atoms with Crippen LogP contribution in [0.3, 0.4) is 0 Å². The number of nitrogens with two attached hydrogens (primary N) is 1. The Morgan fingerprint density at radius 2 is 2.43 bits per heavy atom. The van der Waals surface area contributed by atoms with E-state index >= 15 is 0 Å². The summed E-state index contributed by atoms with van der Waals surface area (Å²) in [5, 5.41) is 11.6. The number of anilines is 2. The first kappa shape index (κ1) is 10.6. The summed E-state index contributed by atoms with van der Waals surface area (Å²) in [6.45, 7) is 2.45. The van der Waals surface area contributed by atoms with Crippen molar-refractivity contribution in [2.45, 2.75) is 6.92 Å². The molecular weight excluding hydrogens is 187 g/mol. The second kappa shape index (κ2) is 4.71. The summed E-state index contributed by atoms with van der Waals surface area (Å²) in [5.41, 5.74) is 5.24. The van der Waals surface area contributed by atoms with Gasteiger partial charge in [0.25, 0.3) is 0 Å². The normalized spacial score (nSPS) is 12.5. The maximum atomic E-state index is 12.6. The Balaban J connectivity index is 2.55. The van der Waals surface area contributed by atoms with Crippen LogP contribution >= 0.6 is 0 Å². The number of aliphatic hydroxyl groups excluding tert-OH is 1. The molecular formula is C8H13FN4O. The van der Waals surface area contributed by atoms with Gasteiger partial charge in [-0.1, -0.05) is 6.92 Å². The third-order valence-corrected chi connectivity index (χ3v) is 1.69. The Hall–Kier alpha value is -1.43. The number of rotatable bonds is 4. The van der Waals surface area contributed by atoms with Crippen LogP contribution in [0.5, 0.6) is 0 Å². The number of nitrogen functional groups attached to an aromatic ring is 1. The summed E-state index contributed by atoms with van der Waals surface area (Å²) in [5.74, 6) is -0.459. The van der Waals surface area contributed by atoms with Gasteiger partial charge in [0.05, 0.1) is 6.20 Å². The van der Waals surface area contributed by atoms with Gasteiger partial charge in [-0.3, -0.25) is 0 Å². The molecule has 1 aromatic rings. The highest BCUT2D eigenvalue weighted by Gasteiger charge is 2.04. The van der Waals surface area contributed by atoms with Gasteiger partial charge in [-0.15, -0.1) is 0 Å². The minimum atomic E-state index is -0.634. The largest absolute Gasteiger partial charge is 0.396 e. The van der Waals surface area contributed by atoms with Crippen molar-refractivity contribution in [1.82, 2.24) is 9.97 Å². The van der Waals surface area contributed by atoms with Crippen molar-refractivity contribution in [3.63, 3.8) is 0 Å². The number of aromatic nitrogens is 2. The van der Waals surface area contributed by atoms with Gasteiger partial charge in [0, 0.05) is 13.2 Å². The van der Waals surface area contributed by atoms with Crippen molar-refractivity contribution in [3.05, 3.63) is 12.0 Å². The summed E-state index contributed by atoms with van der Waals surface area (Å²) in [4.78, 5) is 7.36. The second-order valence-electron chi connectivity index (χ2n) is 3.10. The Bertz CT molecular complexity index is 307. The Kier molecular flexibility index (Phi) is 3.58. The zero-order chi connectivity index (χ0) is 10.6. The molecule has 0 aromatic carbocycles. The summed E-state index contributed by atoms with van der Waals surface area (Å²) in [7, 11) is 0. The third kappa shape index (κ3) is 2.81. The number of halogens is 1. The van der Waals surface area contributed by atoms with Crippen molar-refractivity contribution in [2.75, 3.05) is 24.2 Å². The van der Waals surface area contributed by atoms with E-state index in [0.29, 0.717) is 6.54 Å². The average Bonchev–Trinajstić information content (AvgIpc) is 2.19. The van der Waals surface area contributed by atoms with E-state index in [-0.39, 0.29) is 24.3 Å². The van der Waals surface area contributed by atoms with Crippen LogP contribution in [0.1, 0.15) is 6.92 Å². The Morgan fingerprint density at radius 3 is 3.00 bits per heavy atom. The zero-order valence-electron chi connectivity index (χ0n) is 7.87. The van der Waals surface area contributed by atoms with Gasteiger partial charge in [-0.25, -0.2) is 9.37 Å². The van der Waals surface area contributed by atoms with Crippen molar-refractivity contribution in [1.29, 1.82) is 0 Å².